The predicted molar refractivity (Wildman–Crippen MR) is 197 cm³/mol. The van der Waals surface area contributed by atoms with E-state index in [4.69, 9.17) is 18.5 Å². The van der Waals surface area contributed by atoms with E-state index in [1.807, 2.05) is 21.1 Å². The van der Waals surface area contributed by atoms with Crippen LogP contribution < -0.4 is 0 Å². The molecule has 0 aliphatic carbocycles. The first-order valence-electron chi connectivity index (χ1n) is 19.1. The summed E-state index contributed by atoms with van der Waals surface area (Å²) < 4.78 is 34.7. The van der Waals surface area contributed by atoms with Crippen molar-refractivity contribution in [1.82, 2.24) is 0 Å². The van der Waals surface area contributed by atoms with E-state index in [0.29, 0.717) is 24.1 Å². The molecule has 8 nitrogen and oxygen atoms in total. The van der Waals surface area contributed by atoms with E-state index in [1.165, 1.54) is 89.9 Å². The number of quaternary nitrogens is 1. The summed E-state index contributed by atoms with van der Waals surface area (Å²) in [5.41, 5.74) is 0. The van der Waals surface area contributed by atoms with Crippen LogP contribution >= 0.6 is 7.82 Å². The molecule has 278 valence electrons. The van der Waals surface area contributed by atoms with Gasteiger partial charge in [0.25, 0.3) is 0 Å². The number of allylic oxidation sites excluding steroid dienone is 4. The molecule has 0 spiro atoms. The SMILES string of the molecule is CCCCCC/C=C\C/C=C\CCCCCCCCOCC(COP(=O)(O)OCC[N+](C)(C)C)OC(=O)CCCCCCCCCC. The van der Waals surface area contributed by atoms with Crippen molar-refractivity contribution in [2.75, 3.05) is 54.1 Å². The second-order valence-electron chi connectivity index (χ2n) is 14.0. The molecule has 2 unspecified atom stereocenters. The van der Waals surface area contributed by atoms with Crippen molar-refractivity contribution in [3.05, 3.63) is 24.3 Å². The molecule has 0 aliphatic heterocycles. The van der Waals surface area contributed by atoms with Crippen LogP contribution in [-0.4, -0.2) is 75.6 Å². The van der Waals surface area contributed by atoms with Gasteiger partial charge in [0, 0.05) is 13.0 Å². The zero-order valence-corrected chi connectivity index (χ0v) is 32.2. The molecular formula is C38H75NO7P+. The van der Waals surface area contributed by atoms with Crippen LogP contribution in [0.5, 0.6) is 0 Å². The average Bonchev–Trinajstić information content (AvgIpc) is 3.01. The minimum Gasteiger partial charge on any atom is -0.457 e. The highest BCUT2D eigenvalue weighted by Gasteiger charge is 2.26. The summed E-state index contributed by atoms with van der Waals surface area (Å²) in [6.45, 7) is 5.55. The fourth-order valence-electron chi connectivity index (χ4n) is 4.99. The molecule has 0 aromatic heterocycles. The largest absolute Gasteiger partial charge is 0.472 e. The fourth-order valence-corrected chi connectivity index (χ4v) is 5.73. The van der Waals surface area contributed by atoms with Gasteiger partial charge in [-0.1, -0.05) is 128 Å². The Morgan fingerprint density at radius 3 is 1.74 bits per heavy atom. The van der Waals surface area contributed by atoms with E-state index in [0.717, 1.165) is 44.9 Å². The van der Waals surface area contributed by atoms with E-state index in [9.17, 15) is 14.3 Å². The third kappa shape index (κ3) is 36.1. The maximum Gasteiger partial charge on any atom is 0.472 e. The monoisotopic (exact) mass is 689 g/mol. The number of hydrogen-bond acceptors (Lipinski definition) is 6. The van der Waals surface area contributed by atoms with E-state index >= 15 is 0 Å². The lowest BCUT2D eigenvalue weighted by atomic mass is 10.1. The molecule has 47 heavy (non-hydrogen) atoms. The van der Waals surface area contributed by atoms with Crippen LogP contribution in [0.4, 0.5) is 0 Å². The van der Waals surface area contributed by atoms with Crippen molar-refractivity contribution < 1.29 is 37.3 Å². The van der Waals surface area contributed by atoms with Crippen molar-refractivity contribution >= 4 is 13.8 Å². The van der Waals surface area contributed by atoms with Gasteiger partial charge in [0.15, 0.2) is 0 Å². The molecule has 0 bridgehead atoms. The number of esters is 1. The summed E-state index contributed by atoms with van der Waals surface area (Å²) >= 11 is 0. The van der Waals surface area contributed by atoms with Crippen LogP contribution in [0.25, 0.3) is 0 Å². The molecule has 0 aromatic carbocycles. The third-order valence-electron chi connectivity index (χ3n) is 8.02. The average molecular weight is 689 g/mol. The molecule has 0 amide bonds. The highest BCUT2D eigenvalue weighted by Crippen LogP contribution is 2.43. The molecule has 0 rings (SSSR count). The first-order valence-corrected chi connectivity index (χ1v) is 20.6. The van der Waals surface area contributed by atoms with Gasteiger partial charge in [-0.15, -0.1) is 0 Å². The number of nitrogens with zero attached hydrogens (tertiary/aromatic N) is 1. The number of rotatable bonds is 35. The van der Waals surface area contributed by atoms with Crippen molar-refractivity contribution in [1.29, 1.82) is 0 Å². The second-order valence-corrected chi connectivity index (χ2v) is 15.4. The number of phosphoric ester groups is 1. The molecule has 0 saturated carbocycles. The number of likely N-dealkylation sites (N-methyl/N-ethyl adjacent to an activating group) is 1. The number of phosphoric acid groups is 1. The first kappa shape index (κ1) is 46.0. The Hall–Kier alpha value is -1.02. The van der Waals surface area contributed by atoms with Crippen molar-refractivity contribution in [3.8, 4) is 0 Å². The highest BCUT2D eigenvalue weighted by atomic mass is 31.2. The topological polar surface area (TPSA) is 91.3 Å². The van der Waals surface area contributed by atoms with Gasteiger partial charge in [0.1, 0.15) is 19.3 Å². The Morgan fingerprint density at radius 1 is 0.660 bits per heavy atom. The Balaban J connectivity index is 4.24. The summed E-state index contributed by atoms with van der Waals surface area (Å²) in [5.74, 6) is -0.323. The standard InChI is InChI=1S/C38H74NO7P/c1-6-8-10-12-14-16-17-18-19-20-21-22-23-24-26-28-30-33-43-35-37(36-45-47(41,42)44-34-32-39(3,4)5)46-38(40)31-29-27-25-15-13-11-9-7-2/h16-17,19-20,37H,6-15,18,21-36H2,1-5H3/p+1/b17-16-,20-19-. The van der Waals surface area contributed by atoms with Gasteiger partial charge in [-0.3, -0.25) is 13.8 Å². The number of ether oxygens (including phenoxy) is 2. The number of unbranched alkanes of at least 4 members (excludes halogenated alkanes) is 17. The normalized spacial score (nSPS) is 14.3. The van der Waals surface area contributed by atoms with Crippen LogP contribution in [0, 0.1) is 0 Å². The molecule has 1 N–H and O–H groups in total. The minimum atomic E-state index is -4.26. The first-order chi connectivity index (χ1) is 22.6. The van der Waals surface area contributed by atoms with Crippen LogP contribution in [0.1, 0.15) is 155 Å². The number of carbonyl (C=O) groups is 1. The molecule has 0 saturated heterocycles. The van der Waals surface area contributed by atoms with Gasteiger partial charge in [0.05, 0.1) is 34.4 Å². The van der Waals surface area contributed by atoms with E-state index in [2.05, 4.69) is 38.2 Å². The molecule has 0 heterocycles. The van der Waals surface area contributed by atoms with Gasteiger partial charge < -0.3 is 18.9 Å². The summed E-state index contributed by atoms with van der Waals surface area (Å²) in [6, 6.07) is 0. The Bertz CT molecular complexity index is 812. The molecular weight excluding hydrogens is 613 g/mol. The molecule has 0 aromatic rings. The molecule has 0 fully saturated rings. The zero-order valence-electron chi connectivity index (χ0n) is 31.3. The molecule has 0 radical (unpaired) electrons. The maximum absolute atomic E-state index is 12.5. The highest BCUT2D eigenvalue weighted by molar-refractivity contribution is 7.47. The Morgan fingerprint density at radius 2 is 1.17 bits per heavy atom. The van der Waals surface area contributed by atoms with Gasteiger partial charge in [0.2, 0.25) is 0 Å². The van der Waals surface area contributed by atoms with E-state index < -0.39 is 13.9 Å². The lowest BCUT2D eigenvalue weighted by Crippen LogP contribution is -2.37. The smallest absolute Gasteiger partial charge is 0.457 e. The summed E-state index contributed by atoms with van der Waals surface area (Å²) in [7, 11) is 1.66. The summed E-state index contributed by atoms with van der Waals surface area (Å²) in [5, 5.41) is 0. The second kappa shape index (κ2) is 32.2. The van der Waals surface area contributed by atoms with Gasteiger partial charge in [-0.05, 0) is 44.9 Å². The van der Waals surface area contributed by atoms with Crippen LogP contribution in [0.15, 0.2) is 24.3 Å². The molecule has 2 atom stereocenters. The van der Waals surface area contributed by atoms with Crippen molar-refractivity contribution in [2.24, 2.45) is 0 Å². The maximum atomic E-state index is 12.5. The lowest BCUT2D eigenvalue weighted by Gasteiger charge is -2.24. The van der Waals surface area contributed by atoms with Gasteiger partial charge in [-0.25, -0.2) is 4.57 Å². The number of carbonyl (C=O) groups excluding carboxylic acids is 1. The fraction of sp³-hybridized carbons (Fsp3) is 0.868. The Kier molecular flexibility index (Phi) is 31.5. The van der Waals surface area contributed by atoms with E-state index in [-0.39, 0.29) is 25.8 Å². The minimum absolute atomic E-state index is 0.0876. The molecule has 0 aliphatic rings. The van der Waals surface area contributed by atoms with E-state index in [1.54, 1.807) is 0 Å². The van der Waals surface area contributed by atoms with Crippen molar-refractivity contribution in [3.63, 3.8) is 0 Å². The summed E-state index contributed by atoms with van der Waals surface area (Å²) in [4.78, 5) is 22.7. The lowest BCUT2D eigenvalue weighted by molar-refractivity contribution is -0.870. The molecule has 9 heteroatoms. The predicted octanol–water partition coefficient (Wildman–Crippen LogP) is 10.5. The van der Waals surface area contributed by atoms with Crippen LogP contribution in [0.3, 0.4) is 0 Å². The van der Waals surface area contributed by atoms with Crippen LogP contribution in [-0.2, 0) is 27.9 Å². The third-order valence-corrected chi connectivity index (χ3v) is 9.00. The summed E-state index contributed by atoms with van der Waals surface area (Å²) in [6.07, 6.45) is 33.5. The quantitative estimate of drug-likeness (QED) is 0.0233. The van der Waals surface area contributed by atoms with Crippen LogP contribution in [0.2, 0.25) is 0 Å². The van der Waals surface area contributed by atoms with Gasteiger partial charge in [-0.2, -0.15) is 0 Å². The van der Waals surface area contributed by atoms with Crippen molar-refractivity contribution in [2.45, 2.75) is 161 Å². The number of hydrogen-bond donors (Lipinski definition) is 1. The van der Waals surface area contributed by atoms with Gasteiger partial charge >= 0.3 is 13.8 Å². The Labute approximate surface area is 290 Å². The zero-order chi connectivity index (χ0) is 34.9.